The first-order valence-electron chi connectivity index (χ1n) is 5.28. The monoisotopic (exact) mass is 300 g/mol. The highest BCUT2D eigenvalue weighted by Gasteiger charge is 2.18. The molecule has 4 nitrogen and oxygen atoms in total. The van der Waals surface area contributed by atoms with Crippen LogP contribution in [-0.4, -0.2) is 13.4 Å². The number of benzene rings is 1. The molecule has 7 heteroatoms. The maximum Gasteiger partial charge on any atom is 0.262 e. The maximum absolute atomic E-state index is 13.2. The van der Waals surface area contributed by atoms with Gasteiger partial charge in [0.25, 0.3) is 10.0 Å². The Morgan fingerprint density at radius 2 is 2.05 bits per heavy atom. The number of halogens is 2. The summed E-state index contributed by atoms with van der Waals surface area (Å²) in [6, 6.07) is 5.01. The van der Waals surface area contributed by atoms with E-state index in [0.717, 1.165) is 6.07 Å². The third-order valence-corrected chi connectivity index (χ3v) is 4.29. The van der Waals surface area contributed by atoms with Gasteiger partial charge in [-0.15, -0.1) is 0 Å². The highest BCUT2D eigenvalue weighted by atomic mass is 35.5. The SMILES string of the molecule is Cc1ccc(F)cc1S(=O)(=O)Nc1cnccc1Cl. The second-order valence-electron chi connectivity index (χ2n) is 3.87. The Morgan fingerprint density at radius 3 is 2.74 bits per heavy atom. The first-order chi connectivity index (χ1) is 8.90. The summed E-state index contributed by atoms with van der Waals surface area (Å²) in [4.78, 5) is 3.65. The van der Waals surface area contributed by atoms with E-state index in [0.29, 0.717) is 5.56 Å². The van der Waals surface area contributed by atoms with E-state index in [1.54, 1.807) is 6.92 Å². The number of nitrogens with one attached hydrogen (secondary N) is 1. The molecule has 0 unspecified atom stereocenters. The van der Waals surface area contributed by atoms with Gasteiger partial charge in [0.05, 0.1) is 21.8 Å². The molecule has 1 aromatic carbocycles. The molecule has 1 heterocycles. The summed E-state index contributed by atoms with van der Waals surface area (Å²) >= 11 is 5.85. The van der Waals surface area contributed by atoms with Crippen molar-refractivity contribution < 1.29 is 12.8 Å². The number of anilines is 1. The molecular formula is C12H10ClFN2O2S. The lowest BCUT2D eigenvalue weighted by Gasteiger charge is -2.11. The van der Waals surface area contributed by atoms with Crippen LogP contribution in [0.2, 0.25) is 5.02 Å². The number of hydrogen-bond donors (Lipinski definition) is 1. The van der Waals surface area contributed by atoms with Crippen molar-refractivity contribution in [1.82, 2.24) is 4.98 Å². The molecular weight excluding hydrogens is 291 g/mol. The highest BCUT2D eigenvalue weighted by molar-refractivity contribution is 7.92. The van der Waals surface area contributed by atoms with Gasteiger partial charge in [0, 0.05) is 6.20 Å². The van der Waals surface area contributed by atoms with E-state index < -0.39 is 15.8 Å². The van der Waals surface area contributed by atoms with Crippen LogP contribution in [0.1, 0.15) is 5.56 Å². The van der Waals surface area contributed by atoms with Crippen LogP contribution >= 0.6 is 11.6 Å². The fourth-order valence-electron chi connectivity index (χ4n) is 1.52. The summed E-state index contributed by atoms with van der Waals surface area (Å²) in [7, 11) is -3.90. The van der Waals surface area contributed by atoms with Crippen LogP contribution in [0.5, 0.6) is 0 Å². The number of pyridine rings is 1. The summed E-state index contributed by atoms with van der Waals surface area (Å²) in [5.41, 5.74) is 0.585. The van der Waals surface area contributed by atoms with Crippen molar-refractivity contribution in [3.63, 3.8) is 0 Å². The summed E-state index contributed by atoms with van der Waals surface area (Å²) in [6.45, 7) is 1.58. The summed E-state index contributed by atoms with van der Waals surface area (Å²) < 4.78 is 39.8. The van der Waals surface area contributed by atoms with Gasteiger partial charge in [-0.2, -0.15) is 0 Å². The molecule has 0 saturated carbocycles. The lowest BCUT2D eigenvalue weighted by atomic mass is 10.2. The fraction of sp³-hybridized carbons (Fsp3) is 0.0833. The minimum Gasteiger partial charge on any atom is -0.277 e. The summed E-state index contributed by atoms with van der Waals surface area (Å²) in [6.07, 6.45) is 2.72. The third-order valence-electron chi connectivity index (χ3n) is 2.45. The first-order valence-corrected chi connectivity index (χ1v) is 7.15. The lowest BCUT2D eigenvalue weighted by Crippen LogP contribution is -2.15. The van der Waals surface area contributed by atoms with Gasteiger partial charge in [0.15, 0.2) is 0 Å². The van der Waals surface area contributed by atoms with Crippen molar-refractivity contribution in [3.8, 4) is 0 Å². The zero-order valence-corrected chi connectivity index (χ0v) is 11.5. The van der Waals surface area contributed by atoms with Gasteiger partial charge >= 0.3 is 0 Å². The Labute approximate surface area is 115 Å². The minimum absolute atomic E-state index is 0.132. The van der Waals surface area contributed by atoms with Crippen molar-refractivity contribution in [1.29, 1.82) is 0 Å². The van der Waals surface area contributed by atoms with Gasteiger partial charge in [-0.3, -0.25) is 9.71 Å². The molecule has 0 aliphatic carbocycles. The van der Waals surface area contributed by atoms with Crippen molar-refractivity contribution in [3.05, 3.63) is 53.1 Å². The average molecular weight is 301 g/mol. The van der Waals surface area contributed by atoms with E-state index in [2.05, 4.69) is 9.71 Å². The van der Waals surface area contributed by atoms with Gasteiger partial charge in [0.2, 0.25) is 0 Å². The van der Waals surface area contributed by atoms with Gasteiger partial charge < -0.3 is 0 Å². The molecule has 0 aliphatic heterocycles. The lowest BCUT2D eigenvalue weighted by molar-refractivity contribution is 0.594. The molecule has 0 fully saturated rings. The van der Waals surface area contributed by atoms with Crippen molar-refractivity contribution in [2.24, 2.45) is 0 Å². The molecule has 2 aromatic rings. The number of sulfonamides is 1. The van der Waals surface area contributed by atoms with Gasteiger partial charge in [-0.25, -0.2) is 12.8 Å². The van der Waals surface area contributed by atoms with Crippen molar-refractivity contribution in [2.45, 2.75) is 11.8 Å². The van der Waals surface area contributed by atoms with Gasteiger partial charge in [-0.1, -0.05) is 17.7 Å². The standard InChI is InChI=1S/C12H10ClFN2O2S/c1-8-2-3-9(14)6-12(8)19(17,18)16-11-7-15-5-4-10(11)13/h2-7,16H,1H3. The van der Waals surface area contributed by atoms with E-state index >= 15 is 0 Å². The number of hydrogen-bond acceptors (Lipinski definition) is 3. The largest absolute Gasteiger partial charge is 0.277 e. The third kappa shape index (κ3) is 3.02. The predicted molar refractivity (Wildman–Crippen MR) is 71.2 cm³/mol. The van der Waals surface area contributed by atoms with E-state index in [-0.39, 0.29) is 15.6 Å². The van der Waals surface area contributed by atoms with Crippen LogP contribution in [0.3, 0.4) is 0 Å². The first kappa shape index (κ1) is 13.8. The molecule has 0 amide bonds. The smallest absolute Gasteiger partial charge is 0.262 e. The molecule has 2 rings (SSSR count). The Balaban J connectivity index is 2.44. The average Bonchev–Trinajstić information content (AvgIpc) is 2.35. The molecule has 0 spiro atoms. The normalized spacial score (nSPS) is 11.3. The van der Waals surface area contributed by atoms with E-state index in [4.69, 9.17) is 11.6 Å². The zero-order chi connectivity index (χ0) is 14.0. The molecule has 100 valence electrons. The van der Waals surface area contributed by atoms with Crippen molar-refractivity contribution >= 4 is 27.3 Å². The molecule has 0 radical (unpaired) electrons. The fourth-order valence-corrected chi connectivity index (χ4v) is 3.05. The van der Waals surface area contributed by atoms with Gasteiger partial charge in [-0.05, 0) is 30.7 Å². The molecule has 0 aliphatic rings. The molecule has 19 heavy (non-hydrogen) atoms. The summed E-state index contributed by atoms with van der Waals surface area (Å²) in [5.74, 6) is -0.622. The maximum atomic E-state index is 13.2. The minimum atomic E-state index is -3.90. The molecule has 0 atom stereocenters. The zero-order valence-electron chi connectivity index (χ0n) is 9.89. The molecule has 0 bridgehead atoms. The van der Waals surface area contributed by atoms with E-state index in [9.17, 15) is 12.8 Å². The van der Waals surface area contributed by atoms with Crippen LogP contribution in [0.4, 0.5) is 10.1 Å². The van der Waals surface area contributed by atoms with E-state index in [1.807, 2.05) is 0 Å². The Bertz CT molecular complexity index is 719. The quantitative estimate of drug-likeness (QED) is 0.948. The van der Waals surface area contributed by atoms with Gasteiger partial charge in [0.1, 0.15) is 5.82 Å². The summed E-state index contributed by atoms with van der Waals surface area (Å²) in [5, 5.41) is 0.215. The van der Waals surface area contributed by atoms with Crippen LogP contribution in [0.25, 0.3) is 0 Å². The Kier molecular flexibility index (Phi) is 3.73. The Hall–Kier alpha value is -1.66. The van der Waals surface area contributed by atoms with Crippen LogP contribution in [-0.2, 0) is 10.0 Å². The highest BCUT2D eigenvalue weighted by Crippen LogP contribution is 2.24. The Morgan fingerprint density at radius 1 is 1.32 bits per heavy atom. The number of aromatic nitrogens is 1. The van der Waals surface area contributed by atoms with E-state index in [1.165, 1.54) is 30.6 Å². The number of nitrogens with zero attached hydrogens (tertiary/aromatic N) is 1. The van der Waals surface area contributed by atoms with Crippen LogP contribution in [0, 0.1) is 12.7 Å². The second kappa shape index (κ2) is 5.14. The van der Waals surface area contributed by atoms with Crippen LogP contribution < -0.4 is 4.72 Å². The molecule has 1 N–H and O–H groups in total. The predicted octanol–water partition coefficient (Wildman–Crippen LogP) is 2.98. The number of aryl methyl sites for hydroxylation is 1. The topological polar surface area (TPSA) is 59.1 Å². The number of rotatable bonds is 3. The second-order valence-corrected chi connectivity index (χ2v) is 5.93. The van der Waals surface area contributed by atoms with Crippen LogP contribution in [0.15, 0.2) is 41.6 Å². The molecule has 0 saturated heterocycles. The van der Waals surface area contributed by atoms with Crippen molar-refractivity contribution in [2.75, 3.05) is 4.72 Å². The molecule has 1 aromatic heterocycles.